The van der Waals surface area contributed by atoms with Crippen molar-refractivity contribution in [3.63, 3.8) is 0 Å². The zero-order valence-corrected chi connectivity index (χ0v) is 15.1. The molecule has 1 aliphatic heterocycles. The molecule has 2 rings (SSSR count). The molecule has 1 aliphatic carbocycles. The summed E-state index contributed by atoms with van der Waals surface area (Å²) in [6, 6.07) is 0. The first-order valence-corrected chi connectivity index (χ1v) is 7.52. The summed E-state index contributed by atoms with van der Waals surface area (Å²) < 4.78 is 5.37. The van der Waals surface area contributed by atoms with Crippen LogP contribution < -0.4 is 10.6 Å². The molecule has 2 N–H and O–H groups in total. The Balaban J connectivity index is 0.00000200. The van der Waals surface area contributed by atoms with Crippen molar-refractivity contribution in [3.8, 4) is 0 Å². The number of nitrogens with one attached hydrogen (secondary N) is 2. The Morgan fingerprint density at radius 3 is 2.60 bits per heavy atom. The van der Waals surface area contributed by atoms with E-state index in [1.54, 1.807) is 0 Å². The van der Waals surface area contributed by atoms with E-state index in [0.717, 1.165) is 57.8 Å². The highest BCUT2D eigenvalue weighted by Gasteiger charge is 2.21. The fraction of sp³-hybridized carbons (Fsp3) is 0.929. The van der Waals surface area contributed by atoms with Crippen LogP contribution in [0.2, 0.25) is 0 Å². The SMILES string of the molecule is CN=C(NCC(C)CN1CCOCC1)NCC1CC1.I. The van der Waals surface area contributed by atoms with Crippen molar-refractivity contribution in [3.05, 3.63) is 0 Å². The quantitative estimate of drug-likeness (QED) is 0.402. The van der Waals surface area contributed by atoms with E-state index >= 15 is 0 Å². The summed E-state index contributed by atoms with van der Waals surface area (Å²) >= 11 is 0. The van der Waals surface area contributed by atoms with Gasteiger partial charge in [-0.25, -0.2) is 0 Å². The van der Waals surface area contributed by atoms with Gasteiger partial charge in [-0.1, -0.05) is 6.92 Å². The van der Waals surface area contributed by atoms with Crippen LogP contribution in [0.15, 0.2) is 4.99 Å². The second-order valence-corrected chi connectivity index (χ2v) is 5.80. The molecule has 0 amide bonds. The van der Waals surface area contributed by atoms with Crippen LogP contribution in [0.3, 0.4) is 0 Å². The van der Waals surface area contributed by atoms with Gasteiger partial charge in [-0.2, -0.15) is 0 Å². The Morgan fingerprint density at radius 2 is 2.00 bits per heavy atom. The minimum atomic E-state index is 0. The summed E-state index contributed by atoms with van der Waals surface area (Å²) in [6.07, 6.45) is 2.74. The summed E-state index contributed by atoms with van der Waals surface area (Å²) in [4.78, 5) is 6.75. The number of rotatable bonds is 6. The van der Waals surface area contributed by atoms with Crippen LogP contribution in [0.1, 0.15) is 19.8 Å². The number of hydrogen-bond acceptors (Lipinski definition) is 3. The molecule has 0 radical (unpaired) electrons. The second-order valence-electron chi connectivity index (χ2n) is 5.80. The topological polar surface area (TPSA) is 48.9 Å². The summed E-state index contributed by atoms with van der Waals surface area (Å²) in [5.74, 6) is 2.45. The van der Waals surface area contributed by atoms with Gasteiger partial charge in [0.25, 0.3) is 0 Å². The van der Waals surface area contributed by atoms with Gasteiger partial charge < -0.3 is 15.4 Å². The Bertz CT molecular complexity index is 291. The Kier molecular flexibility index (Phi) is 8.79. The van der Waals surface area contributed by atoms with Gasteiger partial charge in [0, 0.05) is 39.8 Å². The third kappa shape index (κ3) is 7.08. The van der Waals surface area contributed by atoms with Crippen LogP contribution in [-0.4, -0.2) is 63.8 Å². The molecule has 1 saturated heterocycles. The predicted octanol–water partition coefficient (Wildman–Crippen LogP) is 1.15. The van der Waals surface area contributed by atoms with E-state index in [2.05, 4.69) is 27.4 Å². The van der Waals surface area contributed by atoms with E-state index in [1.807, 2.05) is 7.05 Å². The lowest BCUT2D eigenvalue weighted by Gasteiger charge is -2.29. The Morgan fingerprint density at radius 1 is 1.30 bits per heavy atom. The monoisotopic (exact) mass is 396 g/mol. The fourth-order valence-electron chi connectivity index (χ4n) is 2.34. The lowest BCUT2D eigenvalue weighted by atomic mass is 10.1. The molecule has 2 aliphatic rings. The molecule has 0 aromatic carbocycles. The third-order valence-electron chi connectivity index (χ3n) is 3.77. The number of ether oxygens (including phenoxy) is 1. The van der Waals surface area contributed by atoms with Gasteiger partial charge in [0.2, 0.25) is 0 Å². The van der Waals surface area contributed by atoms with Crippen molar-refractivity contribution in [2.24, 2.45) is 16.8 Å². The van der Waals surface area contributed by atoms with Gasteiger partial charge in [-0.15, -0.1) is 24.0 Å². The van der Waals surface area contributed by atoms with Crippen LogP contribution in [0.25, 0.3) is 0 Å². The third-order valence-corrected chi connectivity index (χ3v) is 3.77. The molecular formula is C14H29IN4O. The predicted molar refractivity (Wildman–Crippen MR) is 93.9 cm³/mol. The summed E-state index contributed by atoms with van der Waals surface area (Å²) in [6.45, 7) is 9.36. The molecule has 20 heavy (non-hydrogen) atoms. The molecule has 1 heterocycles. The van der Waals surface area contributed by atoms with E-state index < -0.39 is 0 Å². The minimum absolute atomic E-state index is 0. The van der Waals surface area contributed by atoms with Gasteiger partial charge in [-0.3, -0.25) is 9.89 Å². The highest BCUT2D eigenvalue weighted by atomic mass is 127. The lowest BCUT2D eigenvalue weighted by molar-refractivity contribution is 0.0320. The molecular weight excluding hydrogens is 367 g/mol. The highest BCUT2D eigenvalue weighted by Crippen LogP contribution is 2.27. The number of guanidine groups is 1. The van der Waals surface area contributed by atoms with Crippen LogP contribution in [-0.2, 0) is 4.74 Å². The molecule has 0 aromatic heterocycles. The average Bonchev–Trinajstić information content (AvgIpc) is 3.24. The van der Waals surface area contributed by atoms with Gasteiger partial charge in [-0.05, 0) is 24.7 Å². The average molecular weight is 396 g/mol. The minimum Gasteiger partial charge on any atom is -0.379 e. The van der Waals surface area contributed by atoms with Gasteiger partial charge in [0.1, 0.15) is 0 Å². The molecule has 5 nitrogen and oxygen atoms in total. The van der Waals surface area contributed by atoms with Gasteiger partial charge in [0.15, 0.2) is 5.96 Å². The van der Waals surface area contributed by atoms with Crippen molar-refractivity contribution in [1.29, 1.82) is 0 Å². The van der Waals surface area contributed by atoms with Crippen molar-refractivity contribution < 1.29 is 4.74 Å². The normalized spacial score (nSPS) is 22.0. The zero-order valence-electron chi connectivity index (χ0n) is 12.7. The number of aliphatic imine (C=N–C) groups is 1. The molecule has 0 bridgehead atoms. The number of hydrogen-bond donors (Lipinski definition) is 2. The smallest absolute Gasteiger partial charge is 0.190 e. The van der Waals surface area contributed by atoms with E-state index in [9.17, 15) is 0 Å². The maximum atomic E-state index is 5.37. The first-order chi connectivity index (χ1) is 9.28. The van der Waals surface area contributed by atoms with Gasteiger partial charge in [0.05, 0.1) is 13.2 Å². The summed E-state index contributed by atoms with van der Waals surface area (Å²) in [5, 5.41) is 6.82. The molecule has 1 atom stereocenters. The summed E-state index contributed by atoms with van der Waals surface area (Å²) in [7, 11) is 1.84. The maximum absolute atomic E-state index is 5.37. The van der Waals surface area contributed by atoms with Crippen molar-refractivity contribution in [2.75, 3.05) is 53.0 Å². The molecule has 118 valence electrons. The summed E-state index contributed by atoms with van der Waals surface area (Å²) in [5.41, 5.74) is 0. The standard InChI is InChI=1S/C14H28N4O.HI/c1-12(11-18-5-7-19-8-6-18)9-16-14(15-2)17-10-13-3-4-13;/h12-13H,3-11H2,1-2H3,(H2,15,16,17);1H. The molecule has 2 fully saturated rings. The highest BCUT2D eigenvalue weighted by molar-refractivity contribution is 14.0. The van der Waals surface area contributed by atoms with Crippen molar-refractivity contribution >= 4 is 29.9 Å². The first kappa shape index (κ1) is 18.0. The van der Waals surface area contributed by atoms with Crippen molar-refractivity contribution in [2.45, 2.75) is 19.8 Å². The van der Waals surface area contributed by atoms with Crippen LogP contribution >= 0.6 is 24.0 Å². The second kappa shape index (κ2) is 9.78. The van der Waals surface area contributed by atoms with Crippen LogP contribution in [0, 0.1) is 11.8 Å². The van der Waals surface area contributed by atoms with E-state index in [4.69, 9.17) is 4.74 Å². The first-order valence-electron chi connectivity index (χ1n) is 7.52. The van der Waals surface area contributed by atoms with Gasteiger partial charge >= 0.3 is 0 Å². The molecule has 6 heteroatoms. The Labute approximate surface area is 139 Å². The lowest BCUT2D eigenvalue weighted by Crippen LogP contribution is -2.44. The van der Waals surface area contributed by atoms with Crippen LogP contribution in [0.5, 0.6) is 0 Å². The number of morpholine rings is 1. The maximum Gasteiger partial charge on any atom is 0.190 e. The van der Waals surface area contributed by atoms with E-state index in [1.165, 1.54) is 12.8 Å². The van der Waals surface area contributed by atoms with Crippen LogP contribution in [0.4, 0.5) is 0 Å². The molecule has 1 saturated carbocycles. The van der Waals surface area contributed by atoms with E-state index in [-0.39, 0.29) is 24.0 Å². The zero-order chi connectivity index (χ0) is 13.5. The Hall–Kier alpha value is -0.0800. The molecule has 0 aromatic rings. The molecule has 0 spiro atoms. The number of nitrogens with zero attached hydrogens (tertiary/aromatic N) is 2. The molecule has 1 unspecified atom stereocenters. The van der Waals surface area contributed by atoms with E-state index in [0.29, 0.717) is 5.92 Å². The largest absolute Gasteiger partial charge is 0.379 e. The van der Waals surface area contributed by atoms with Crippen molar-refractivity contribution in [1.82, 2.24) is 15.5 Å². The number of halogens is 1. The fourth-order valence-corrected chi connectivity index (χ4v) is 2.34.